The Hall–Kier alpha value is -0.520. The molecule has 3 nitrogen and oxygen atoms in total. The third-order valence-corrected chi connectivity index (χ3v) is 4.67. The molecule has 0 amide bonds. The molecule has 2 aromatic rings. The van der Waals surface area contributed by atoms with Crippen molar-refractivity contribution in [1.29, 1.82) is 0 Å². The van der Waals surface area contributed by atoms with Gasteiger partial charge in [0.2, 0.25) is 0 Å². The van der Waals surface area contributed by atoms with Gasteiger partial charge in [0.1, 0.15) is 12.4 Å². The van der Waals surface area contributed by atoms with Crippen LogP contribution < -0.4 is 4.74 Å². The molecule has 0 aliphatic heterocycles. The van der Waals surface area contributed by atoms with Gasteiger partial charge in [0.25, 0.3) is 0 Å². The zero-order valence-corrected chi connectivity index (χ0v) is 14.5. The highest BCUT2D eigenvalue weighted by Gasteiger charge is 2.11. The van der Waals surface area contributed by atoms with E-state index in [-0.39, 0.29) is 0 Å². The molecule has 0 aliphatic rings. The Balaban J connectivity index is 2.14. The smallest absolute Gasteiger partial charge is 0.131 e. The highest BCUT2D eigenvalue weighted by Crippen LogP contribution is 2.26. The van der Waals surface area contributed by atoms with E-state index in [1.165, 1.54) is 0 Å². The highest BCUT2D eigenvalue weighted by molar-refractivity contribution is 9.10. The van der Waals surface area contributed by atoms with Crippen LogP contribution in [0.1, 0.15) is 17.0 Å². The minimum atomic E-state index is 0.402. The molecule has 0 aliphatic carbocycles. The number of hydrogen-bond donors (Lipinski definition) is 0. The maximum absolute atomic E-state index is 6.19. The lowest BCUT2D eigenvalue weighted by atomic mass is 10.2. The average molecular weight is 409 g/mol. The second kappa shape index (κ2) is 6.29. The molecule has 0 fully saturated rings. The Morgan fingerprint density at radius 1 is 1.42 bits per heavy atom. The van der Waals surface area contributed by atoms with Crippen molar-refractivity contribution >= 4 is 43.5 Å². The Morgan fingerprint density at radius 2 is 2.16 bits per heavy atom. The molecule has 6 heteroatoms. The van der Waals surface area contributed by atoms with Crippen LogP contribution in [-0.2, 0) is 19.0 Å². The van der Waals surface area contributed by atoms with E-state index in [9.17, 15) is 0 Å². The maximum atomic E-state index is 6.19. The van der Waals surface area contributed by atoms with Crippen molar-refractivity contribution in [3.05, 3.63) is 44.6 Å². The van der Waals surface area contributed by atoms with Crippen LogP contribution in [-0.4, -0.2) is 9.78 Å². The van der Waals surface area contributed by atoms with E-state index in [0.29, 0.717) is 11.6 Å². The normalized spacial score (nSPS) is 10.8. The van der Waals surface area contributed by atoms with Gasteiger partial charge in [-0.2, -0.15) is 5.10 Å². The first-order valence-electron chi connectivity index (χ1n) is 5.68. The van der Waals surface area contributed by atoms with E-state index in [4.69, 9.17) is 16.3 Å². The van der Waals surface area contributed by atoms with E-state index in [2.05, 4.69) is 37.0 Å². The first-order chi connectivity index (χ1) is 9.02. The van der Waals surface area contributed by atoms with Crippen molar-refractivity contribution < 1.29 is 4.74 Å². The van der Waals surface area contributed by atoms with Crippen molar-refractivity contribution in [1.82, 2.24) is 9.78 Å². The van der Waals surface area contributed by atoms with Crippen molar-refractivity contribution in [2.24, 2.45) is 7.05 Å². The van der Waals surface area contributed by atoms with Crippen LogP contribution in [0.15, 0.2) is 22.7 Å². The van der Waals surface area contributed by atoms with Crippen molar-refractivity contribution in [2.45, 2.75) is 18.9 Å². The fourth-order valence-corrected chi connectivity index (χ4v) is 3.17. The van der Waals surface area contributed by atoms with Gasteiger partial charge in [-0.05, 0) is 30.7 Å². The summed E-state index contributed by atoms with van der Waals surface area (Å²) < 4.78 is 8.59. The van der Waals surface area contributed by atoms with Gasteiger partial charge in [-0.25, -0.2) is 0 Å². The molecule has 0 spiro atoms. The van der Waals surface area contributed by atoms with Crippen LogP contribution >= 0.6 is 43.5 Å². The number of aromatic nitrogens is 2. The molecule has 0 bridgehead atoms. The van der Waals surface area contributed by atoms with E-state index in [1.54, 1.807) is 4.68 Å². The van der Waals surface area contributed by atoms with Crippen molar-refractivity contribution in [3.63, 3.8) is 0 Å². The third-order valence-electron chi connectivity index (χ3n) is 2.80. The minimum Gasteiger partial charge on any atom is -0.487 e. The molecular weight excluding hydrogens is 395 g/mol. The summed E-state index contributed by atoms with van der Waals surface area (Å²) in [5.41, 5.74) is 2.84. The molecule has 0 atom stereocenters. The summed E-state index contributed by atoms with van der Waals surface area (Å²) >= 11 is 13.1. The Kier molecular flexibility index (Phi) is 4.92. The standard InChI is InChI=1S/C13H13Br2ClN2O/c1-8-13(16)12(18(2)17-8)7-19-10-3-4-11(15)9(5-10)6-14/h3-5H,6-7H2,1-2H3. The third kappa shape index (κ3) is 3.33. The number of alkyl halides is 1. The van der Waals surface area contributed by atoms with Gasteiger partial charge in [-0.15, -0.1) is 0 Å². The summed E-state index contributed by atoms with van der Waals surface area (Å²) in [7, 11) is 1.86. The predicted molar refractivity (Wildman–Crippen MR) is 84.1 cm³/mol. The van der Waals surface area contributed by atoms with Gasteiger partial charge in [-0.3, -0.25) is 4.68 Å². The summed E-state index contributed by atoms with van der Waals surface area (Å²) in [6.45, 7) is 2.29. The molecule has 1 aromatic heterocycles. The Labute approximate surface area is 134 Å². The first-order valence-corrected chi connectivity index (χ1v) is 7.97. The van der Waals surface area contributed by atoms with Crippen LogP contribution in [0.5, 0.6) is 5.75 Å². The maximum Gasteiger partial charge on any atom is 0.131 e. The molecule has 1 heterocycles. The number of rotatable bonds is 4. The van der Waals surface area contributed by atoms with Crippen LogP contribution in [0, 0.1) is 6.92 Å². The fraction of sp³-hybridized carbons (Fsp3) is 0.308. The van der Waals surface area contributed by atoms with E-state index < -0.39 is 0 Å². The summed E-state index contributed by atoms with van der Waals surface area (Å²) in [4.78, 5) is 0. The zero-order chi connectivity index (χ0) is 14.0. The molecule has 19 heavy (non-hydrogen) atoms. The van der Waals surface area contributed by atoms with E-state index >= 15 is 0 Å². The topological polar surface area (TPSA) is 27.1 Å². The molecule has 102 valence electrons. The van der Waals surface area contributed by atoms with Crippen LogP contribution in [0.25, 0.3) is 0 Å². The molecule has 0 unspecified atom stereocenters. The van der Waals surface area contributed by atoms with Gasteiger partial charge >= 0.3 is 0 Å². The minimum absolute atomic E-state index is 0.402. The van der Waals surface area contributed by atoms with Gasteiger partial charge < -0.3 is 4.74 Å². The fourth-order valence-electron chi connectivity index (χ4n) is 1.73. The summed E-state index contributed by atoms with van der Waals surface area (Å²) in [6.07, 6.45) is 0. The molecule has 0 saturated carbocycles. The summed E-state index contributed by atoms with van der Waals surface area (Å²) in [5.74, 6) is 0.813. The number of benzene rings is 1. The number of hydrogen-bond acceptors (Lipinski definition) is 2. The Morgan fingerprint density at radius 3 is 2.74 bits per heavy atom. The van der Waals surface area contributed by atoms with E-state index in [1.807, 2.05) is 32.2 Å². The largest absolute Gasteiger partial charge is 0.487 e. The molecule has 0 N–H and O–H groups in total. The van der Waals surface area contributed by atoms with Crippen molar-refractivity contribution in [3.8, 4) is 5.75 Å². The number of ether oxygens (including phenoxy) is 1. The molecule has 0 radical (unpaired) electrons. The van der Waals surface area contributed by atoms with Gasteiger partial charge in [0.15, 0.2) is 0 Å². The molecule has 1 aromatic carbocycles. The molecular formula is C13H13Br2ClN2O. The summed E-state index contributed by atoms with van der Waals surface area (Å²) in [5, 5.41) is 5.70. The number of nitrogens with zero attached hydrogens (tertiary/aromatic N) is 2. The van der Waals surface area contributed by atoms with Crippen LogP contribution in [0.4, 0.5) is 0 Å². The second-order valence-electron chi connectivity index (χ2n) is 4.15. The summed E-state index contributed by atoms with van der Waals surface area (Å²) in [6, 6.07) is 5.89. The number of aryl methyl sites for hydroxylation is 2. The van der Waals surface area contributed by atoms with Gasteiger partial charge in [-0.1, -0.05) is 43.5 Å². The van der Waals surface area contributed by atoms with Gasteiger partial charge in [0, 0.05) is 16.9 Å². The van der Waals surface area contributed by atoms with Crippen LogP contribution in [0.3, 0.4) is 0 Å². The van der Waals surface area contributed by atoms with Crippen molar-refractivity contribution in [2.75, 3.05) is 0 Å². The first kappa shape index (κ1) is 14.9. The second-order valence-corrected chi connectivity index (χ2v) is 5.94. The van der Waals surface area contributed by atoms with E-state index in [0.717, 1.165) is 32.5 Å². The van der Waals surface area contributed by atoms with Gasteiger partial charge in [0.05, 0.1) is 16.4 Å². The average Bonchev–Trinajstić information content (AvgIpc) is 2.63. The SMILES string of the molecule is Cc1nn(C)c(COc2ccc(Br)c(CBr)c2)c1Cl. The molecule has 0 saturated heterocycles. The predicted octanol–water partition coefficient (Wildman–Crippen LogP) is 4.62. The lowest BCUT2D eigenvalue weighted by Gasteiger charge is -2.09. The quantitative estimate of drug-likeness (QED) is 0.691. The Bertz CT molecular complexity index is 599. The lowest BCUT2D eigenvalue weighted by molar-refractivity contribution is 0.294. The number of halogens is 3. The monoisotopic (exact) mass is 406 g/mol. The molecule has 2 rings (SSSR count). The lowest BCUT2D eigenvalue weighted by Crippen LogP contribution is -2.03. The highest BCUT2D eigenvalue weighted by atomic mass is 79.9. The zero-order valence-electron chi connectivity index (χ0n) is 10.6. The van der Waals surface area contributed by atoms with Crippen LogP contribution in [0.2, 0.25) is 5.02 Å².